The molecule has 0 aliphatic carbocycles. The molecule has 0 spiro atoms. The number of carbonyl (C=O) groups is 2. The molecule has 0 fully saturated rings. The number of nitrogens with one attached hydrogen (secondary N) is 1. The van der Waals surface area contributed by atoms with Crippen molar-refractivity contribution >= 4 is 28.9 Å². The van der Waals surface area contributed by atoms with Gasteiger partial charge in [0.05, 0.1) is 17.1 Å². The second-order valence-corrected chi connectivity index (χ2v) is 5.84. The molecule has 22 heavy (non-hydrogen) atoms. The first-order chi connectivity index (χ1) is 10.6. The Labute approximate surface area is 133 Å². The van der Waals surface area contributed by atoms with E-state index in [1.54, 1.807) is 23.5 Å². The second-order valence-electron chi connectivity index (χ2n) is 4.90. The van der Waals surface area contributed by atoms with E-state index in [4.69, 9.17) is 5.11 Å². The van der Waals surface area contributed by atoms with Gasteiger partial charge in [-0.25, -0.2) is 4.98 Å². The minimum atomic E-state index is -0.813. The lowest BCUT2D eigenvalue weighted by atomic mass is 10.1. The van der Waals surface area contributed by atoms with Crippen LogP contribution in [0.2, 0.25) is 0 Å². The minimum absolute atomic E-state index is 0.105. The Morgan fingerprint density at radius 2 is 2.00 bits per heavy atom. The number of rotatable bonds is 7. The average Bonchev–Trinajstić information content (AvgIpc) is 2.94. The van der Waals surface area contributed by atoms with Crippen molar-refractivity contribution in [1.82, 2.24) is 4.98 Å². The number of nitrogens with zero attached hydrogens (tertiary/aromatic N) is 1. The van der Waals surface area contributed by atoms with E-state index in [-0.39, 0.29) is 18.7 Å². The van der Waals surface area contributed by atoms with Crippen LogP contribution in [0.3, 0.4) is 0 Å². The Hall–Kier alpha value is -2.21. The number of carboxylic acids is 1. The van der Waals surface area contributed by atoms with Gasteiger partial charge in [-0.3, -0.25) is 9.59 Å². The van der Waals surface area contributed by atoms with Gasteiger partial charge in [0.25, 0.3) is 0 Å². The third-order valence-corrected chi connectivity index (χ3v) is 4.15. The number of aryl methyl sites for hydroxylation is 2. The van der Waals surface area contributed by atoms with Crippen molar-refractivity contribution in [3.63, 3.8) is 0 Å². The molecule has 5 nitrogen and oxygen atoms in total. The molecule has 0 radical (unpaired) electrons. The predicted molar refractivity (Wildman–Crippen MR) is 86.2 cm³/mol. The van der Waals surface area contributed by atoms with E-state index in [1.807, 2.05) is 24.4 Å². The highest BCUT2D eigenvalue weighted by molar-refractivity contribution is 7.09. The fourth-order valence-corrected chi connectivity index (χ4v) is 2.71. The SMILES string of the molecule is CCc1nc(CC(=O)Nc2ccc(CCC(=O)O)cc2)cs1. The van der Waals surface area contributed by atoms with E-state index >= 15 is 0 Å². The summed E-state index contributed by atoms with van der Waals surface area (Å²) in [5, 5.41) is 14.4. The minimum Gasteiger partial charge on any atom is -0.481 e. The number of carboxylic acid groups (broad SMARTS) is 1. The Morgan fingerprint density at radius 3 is 2.59 bits per heavy atom. The van der Waals surface area contributed by atoms with Crippen LogP contribution in [0.4, 0.5) is 5.69 Å². The van der Waals surface area contributed by atoms with Gasteiger partial charge in [-0.2, -0.15) is 0 Å². The summed E-state index contributed by atoms with van der Waals surface area (Å²) in [6.07, 6.45) is 1.73. The van der Waals surface area contributed by atoms with Gasteiger partial charge in [0.15, 0.2) is 0 Å². The standard InChI is InChI=1S/C16H18N2O3S/c1-2-15-18-13(10-22-15)9-14(19)17-12-6-3-11(4-7-12)5-8-16(20)21/h3-4,6-7,10H,2,5,8-9H2,1H3,(H,17,19)(H,20,21). The van der Waals surface area contributed by atoms with Crippen molar-refractivity contribution in [3.8, 4) is 0 Å². The van der Waals surface area contributed by atoms with E-state index in [0.717, 1.165) is 22.7 Å². The summed E-state index contributed by atoms with van der Waals surface area (Å²) >= 11 is 1.57. The van der Waals surface area contributed by atoms with Gasteiger partial charge in [-0.1, -0.05) is 19.1 Å². The van der Waals surface area contributed by atoms with Crippen LogP contribution in [0, 0.1) is 0 Å². The molecule has 0 atom stereocenters. The lowest BCUT2D eigenvalue weighted by Gasteiger charge is -2.05. The van der Waals surface area contributed by atoms with Gasteiger partial charge in [-0.15, -0.1) is 11.3 Å². The van der Waals surface area contributed by atoms with Crippen LogP contribution in [-0.2, 0) is 28.9 Å². The highest BCUT2D eigenvalue weighted by Gasteiger charge is 2.08. The molecule has 6 heteroatoms. The Kier molecular flexibility index (Phi) is 5.66. The molecular formula is C16H18N2O3S. The van der Waals surface area contributed by atoms with Gasteiger partial charge >= 0.3 is 5.97 Å². The van der Waals surface area contributed by atoms with E-state index in [9.17, 15) is 9.59 Å². The molecule has 0 aliphatic rings. The lowest BCUT2D eigenvalue weighted by Crippen LogP contribution is -2.14. The van der Waals surface area contributed by atoms with E-state index in [0.29, 0.717) is 12.1 Å². The summed E-state index contributed by atoms with van der Waals surface area (Å²) in [5.41, 5.74) is 2.43. The van der Waals surface area contributed by atoms with E-state index in [1.165, 1.54) is 0 Å². The average molecular weight is 318 g/mol. The van der Waals surface area contributed by atoms with Crippen molar-refractivity contribution in [2.24, 2.45) is 0 Å². The quantitative estimate of drug-likeness (QED) is 0.822. The lowest BCUT2D eigenvalue weighted by molar-refractivity contribution is -0.137. The molecule has 1 amide bonds. The van der Waals surface area contributed by atoms with Crippen molar-refractivity contribution < 1.29 is 14.7 Å². The van der Waals surface area contributed by atoms with Crippen molar-refractivity contribution in [3.05, 3.63) is 45.9 Å². The Balaban J connectivity index is 1.87. The molecule has 0 bridgehead atoms. The first kappa shape index (κ1) is 16.2. The van der Waals surface area contributed by atoms with Crippen LogP contribution in [0.15, 0.2) is 29.6 Å². The molecule has 0 aliphatic heterocycles. The van der Waals surface area contributed by atoms with Gasteiger partial charge in [0.1, 0.15) is 0 Å². The van der Waals surface area contributed by atoms with E-state index < -0.39 is 5.97 Å². The van der Waals surface area contributed by atoms with Crippen LogP contribution in [-0.4, -0.2) is 22.0 Å². The Bertz CT molecular complexity index is 650. The second kappa shape index (κ2) is 7.70. The van der Waals surface area contributed by atoms with E-state index in [2.05, 4.69) is 10.3 Å². The summed E-state index contributed by atoms with van der Waals surface area (Å²) in [7, 11) is 0. The molecule has 0 saturated heterocycles. The zero-order chi connectivity index (χ0) is 15.9. The molecule has 0 unspecified atom stereocenters. The fraction of sp³-hybridized carbons (Fsp3) is 0.312. The largest absolute Gasteiger partial charge is 0.481 e. The topological polar surface area (TPSA) is 79.3 Å². The number of amides is 1. The highest BCUT2D eigenvalue weighted by Crippen LogP contribution is 2.14. The van der Waals surface area contributed by atoms with Crippen LogP contribution in [0.25, 0.3) is 0 Å². The number of anilines is 1. The first-order valence-corrected chi connectivity index (χ1v) is 7.98. The zero-order valence-corrected chi connectivity index (χ0v) is 13.2. The zero-order valence-electron chi connectivity index (χ0n) is 12.3. The van der Waals surface area contributed by atoms with Crippen molar-refractivity contribution in [1.29, 1.82) is 0 Å². The monoisotopic (exact) mass is 318 g/mol. The van der Waals surface area contributed by atoms with Crippen LogP contribution < -0.4 is 5.32 Å². The number of hydrogen-bond donors (Lipinski definition) is 2. The summed E-state index contributed by atoms with van der Waals surface area (Å²) in [6, 6.07) is 7.23. The normalized spacial score (nSPS) is 10.4. The number of aromatic nitrogens is 1. The molecule has 2 aromatic rings. The molecule has 1 heterocycles. The van der Waals surface area contributed by atoms with Crippen molar-refractivity contribution in [2.45, 2.75) is 32.6 Å². The number of aliphatic carboxylic acids is 1. The maximum Gasteiger partial charge on any atom is 0.303 e. The van der Waals surface area contributed by atoms with Crippen LogP contribution in [0.1, 0.15) is 29.6 Å². The maximum absolute atomic E-state index is 12.0. The molecule has 1 aromatic carbocycles. The van der Waals surface area contributed by atoms with Crippen molar-refractivity contribution in [2.75, 3.05) is 5.32 Å². The molecule has 2 N–H and O–H groups in total. The molecule has 116 valence electrons. The highest BCUT2D eigenvalue weighted by atomic mass is 32.1. The predicted octanol–water partition coefficient (Wildman–Crippen LogP) is 2.90. The number of hydrogen-bond acceptors (Lipinski definition) is 4. The summed E-state index contributed by atoms with van der Waals surface area (Å²) in [5.74, 6) is -0.918. The maximum atomic E-state index is 12.0. The molecule has 0 saturated carbocycles. The van der Waals surface area contributed by atoms with Gasteiger partial charge in [0.2, 0.25) is 5.91 Å². The van der Waals surface area contributed by atoms with Gasteiger partial charge in [0, 0.05) is 17.5 Å². The number of benzene rings is 1. The van der Waals surface area contributed by atoms with Gasteiger partial charge < -0.3 is 10.4 Å². The fourth-order valence-electron chi connectivity index (χ4n) is 1.97. The molecule has 2 rings (SSSR count). The number of thiazole rings is 1. The molecule has 1 aromatic heterocycles. The molecular weight excluding hydrogens is 300 g/mol. The summed E-state index contributed by atoms with van der Waals surface area (Å²) < 4.78 is 0. The third kappa shape index (κ3) is 4.96. The summed E-state index contributed by atoms with van der Waals surface area (Å²) in [6.45, 7) is 2.04. The first-order valence-electron chi connectivity index (χ1n) is 7.10. The van der Waals surface area contributed by atoms with Gasteiger partial charge in [-0.05, 0) is 30.5 Å². The van der Waals surface area contributed by atoms with Crippen LogP contribution >= 0.6 is 11.3 Å². The smallest absolute Gasteiger partial charge is 0.303 e. The third-order valence-electron chi connectivity index (χ3n) is 3.11. The summed E-state index contributed by atoms with van der Waals surface area (Å²) in [4.78, 5) is 26.8. The Morgan fingerprint density at radius 1 is 1.27 bits per heavy atom. The number of carbonyl (C=O) groups excluding carboxylic acids is 1. The van der Waals surface area contributed by atoms with Crippen LogP contribution in [0.5, 0.6) is 0 Å².